The third-order valence-corrected chi connectivity index (χ3v) is 3.98. The molecule has 1 aliphatic heterocycles. The summed E-state index contributed by atoms with van der Waals surface area (Å²) in [6.07, 6.45) is 1.96. The van der Waals surface area contributed by atoms with Gasteiger partial charge in [0.15, 0.2) is 0 Å². The molecule has 0 aliphatic carbocycles. The van der Waals surface area contributed by atoms with Crippen molar-refractivity contribution in [2.45, 2.75) is 32.4 Å². The molecule has 1 aromatic heterocycles. The van der Waals surface area contributed by atoms with E-state index in [0.29, 0.717) is 18.0 Å². The van der Waals surface area contributed by atoms with Crippen molar-refractivity contribution in [1.82, 2.24) is 10.6 Å². The van der Waals surface area contributed by atoms with Crippen molar-refractivity contribution in [3.8, 4) is 0 Å². The second-order valence-electron chi connectivity index (χ2n) is 4.56. The predicted octanol–water partition coefficient (Wildman–Crippen LogP) is 1.29. The SMILES string of the molecule is CC(=O)NCc1ccc(C(=O)NC2CCCOC2)s1. The predicted molar refractivity (Wildman–Crippen MR) is 73.1 cm³/mol. The zero-order chi connectivity index (χ0) is 13.7. The average molecular weight is 282 g/mol. The largest absolute Gasteiger partial charge is 0.379 e. The number of carbonyl (C=O) groups excluding carboxylic acids is 2. The molecular formula is C13H18N2O3S. The lowest BCUT2D eigenvalue weighted by molar-refractivity contribution is -0.119. The van der Waals surface area contributed by atoms with E-state index in [1.165, 1.54) is 18.3 Å². The first-order valence-electron chi connectivity index (χ1n) is 6.37. The Morgan fingerprint density at radius 1 is 1.47 bits per heavy atom. The molecule has 1 fully saturated rings. The number of rotatable bonds is 4. The monoisotopic (exact) mass is 282 g/mol. The Labute approximate surface area is 116 Å². The lowest BCUT2D eigenvalue weighted by Crippen LogP contribution is -2.40. The molecule has 0 bridgehead atoms. The van der Waals surface area contributed by atoms with Gasteiger partial charge in [0.1, 0.15) is 0 Å². The highest BCUT2D eigenvalue weighted by molar-refractivity contribution is 7.14. The lowest BCUT2D eigenvalue weighted by atomic mass is 10.1. The van der Waals surface area contributed by atoms with Crippen LogP contribution in [0, 0.1) is 0 Å². The van der Waals surface area contributed by atoms with E-state index in [0.717, 1.165) is 24.3 Å². The molecule has 2 amide bonds. The van der Waals surface area contributed by atoms with E-state index < -0.39 is 0 Å². The van der Waals surface area contributed by atoms with Gasteiger partial charge >= 0.3 is 0 Å². The Morgan fingerprint density at radius 3 is 3.00 bits per heavy atom. The van der Waals surface area contributed by atoms with Crippen LogP contribution < -0.4 is 10.6 Å². The molecule has 0 aromatic carbocycles. The van der Waals surface area contributed by atoms with Gasteiger partial charge in [-0.2, -0.15) is 0 Å². The van der Waals surface area contributed by atoms with Gasteiger partial charge in [-0.05, 0) is 25.0 Å². The maximum Gasteiger partial charge on any atom is 0.261 e. The van der Waals surface area contributed by atoms with Crippen LogP contribution in [0.2, 0.25) is 0 Å². The molecule has 2 rings (SSSR count). The molecule has 2 N–H and O–H groups in total. The van der Waals surface area contributed by atoms with Crippen LogP contribution in [-0.4, -0.2) is 31.1 Å². The van der Waals surface area contributed by atoms with Crippen LogP contribution >= 0.6 is 11.3 Å². The smallest absolute Gasteiger partial charge is 0.261 e. The third kappa shape index (κ3) is 4.33. The summed E-state index contributed by atoms with van der Waals surface area (Å²) < 4.78 is 5.33. The molecule has 0 spiro atoms. The van der Waals surface area contributed by atoms with Crippen molar-refractivity contribution in [3.05, 3.63) is 21.9 Å². The fourth-order valence-corrected chi connectivity index (χ4v) is 2.77. The van der Waals surface area contributed by atoms with E-state index in [4.69, 9.17) is 4.74 Å². The summed E-state index contributed by atoms with van der Waals surface area (Å²) in [6, 6.07) is 3.77. The van der Waals surface area contributed by atoms with Crippen LogP contribution in [0.5, 0.6) is 0 Å². The van der Waals surface area contributed by atoms with E-state index >= 15 is 0 Å². The van der Waals surface area contributed by atoms with Gasteiger partial charge in [-0.3, -0.25) is 9.59 Å². The highest BCUT2D eigenvalue weighted by Crippen LogP contribution is 2.17. The fourth-order valence-electron chi connectivity index (χ4n) is 1.92. The Morgan fingerprint density at radius 2 is 2.32 bits per heavy atom. The van der Waals surface area contributed by atoms with Gasteiger partial charge in [0.25, 0.3) is 5.91 Å². The van der Waals surface area contributed by atoms with Gasteiger partial charge in [0.05, 0.1) is 24.1 Å². The van der Waals surface area contributed by atoms with Crippen molar-refractivity contribution in [2.24, 2.45) is 0 Å². The molecule has 0 saturated carbocycles. The minimum Gasteiger partial charge on any atom is -0.379 e. The van der Waals surface area contributed by atoms with E-state index in [-0.39, 0.29) is 17.9 Å². The summed E-state index contributed by atoms with van der Waals surface area (Å²) in [6.45, 7) is 3.33. The van der Waals surface area contributed by atoms with Crippen molar-refractivity contribution in [1.29, 1.82) is 0 Å². The number of carbonyl (C=O) groups is 2. The number of nitrogens with one attached hydrogen (secondary N) is 2. The van der Waals surface area contributed by atoms with Crippen LogP contribution in [0.4, 0.5) is 0 Å². The minimum absolute atomic E-state index is 0.0606. The summed E-state index contributed by atoms with van der Waals surface area (Å²) in [4.78, 5) is 24.5. The summed E-state index contributed by atoms with van der Waals surface area (Å²) in [5.41, 5.74) is 0. The summed E-state index contributed by atoms with van der Waals surface area (Å²) in [5, 5.41) is 5.69. The topological polar surface area (TPSA) is 67.4 Å². The molecule has 1 aromatic rings. The van der Waals surface area contributed by atoms with Gasteiger partial charge in [0, 0.05) is 18.4 Å². The molecule has 1 aliphatic rings. The molecule has 5 nitrogen and oxygen atoms in total. The molecule has 1 unspecified atom stereocenters. The highest BCUT2D eigenvalue weighted by Gasteiger charge is 2.18. The Hall–Kier alpha value is -1.40. The van der Waals surface area contributed by atoms with E-state index in [9.17, 15) is 9.59 Å². The second-order valence-corrected chi connectivity index (χ2v) is 5.73. The average Bonchev–Trinajstić information content (AvgIpc) is 2.86. The van der Waals surface area contributed by atoms with Crippen LogP contribution in [0.3, 0.4) is 0 Å². The normalized spacial score (nSPS) is 18.9. The summed E-state index contributed by atoms with van der Waals surface area (Å²) >= 11 is 1.40. The zero-order valence-corrected chi connectivity index (χ0v) is 11.7. The first-order chi connectivity index (χ1) is 9.15. The molecule has 6 heteroatoms. The summed E-state index contributed by atoms with van der Waals surface area (Å²) in [5.74, 6) is -0.131. The number of amides is 2. The van der Waals surface area contributed by atoms with E-state index in [1.54, 1.807) is 6.07 Å². The molecule has 1 atom stereocenters. The van der Waals surface area contributed by atoms with Crippen LogP contribution in [0.1, 0.15) is 34.3 Å². The molecule has 1 saturated heterocycles. The van der Waals surface area contributed by atoms with Gasteiger partial charge in [-0.1, -0.05) is 0 Å². The van der Waals surface area contributed by atoms with Crippen molar-refractivity contribution in [2.75, 3.05) is 13.2 Å². The van der Waals surface area contributed by atoms with Gasteiger partial charge in [-0.15, -0.1) is 11.3 Å². The maximum absolute atomic E-state index is 12.0. The first kappa shape index (κ1) is 14.0. The minimum atomic E-state index is -0.0706. The van der Waals surface area contributed by atoms with Crippen molar-refractivity contribution < 1.29 is 14.3 Å². The van der Waals surface area contributed by atoms with Gasteiger partial charge in [0.2, 0.25) is 5.91 Å². The number of thiophene rings is 1. The number of ether oxygens (including phenoxy) is 1. The van der Waals surface area contributed by atoms with Crippen molar-refractivity contribution >= 4 is 23.2 Å². The van der Waals surface area contributed by atoms with Gasteiger partial charge < -0.3 is 15.4 Å². The number of hydrogen-bond donors (Lipinski definition) is 2. The van der Waals surface area contributed by atoms with E-state index in [2.05, 4.69) is 10.6 Å². The summed E-state index contributed by atoms with van der Waals surface area (Å²) in [7, 11) is 0. The standard InChI is InChI=1S/C13H18N2O3S/c1-9(16)14-7-11-4-5-12(19-11)13(17)15-10-3-2-6-18-8-10/h4-5,10H,2-3,6-8H2,1H3,(H,14,16)(H,15,17). The Balaban J connectivity index is 1.86. The lowest BCUT2D eigenvalue weighted by Gasteiger charge is -2.22. The second kappa shape index (κ2) is 6.68. The first-order valence-corrected chi connectivity index (χ1v) is 7.18. The third-order valence-electron chi connectivity index (χ3n) is 2.89. The Bertz CT molecular complexity index is 452. The van der Waals surface area contributed by atoms with E-state index in [1.807, 2.05) is 6.07 Å². The fraction of sp³-hybridized carbons (Fsp3) is 0.538. The van der Waals surface area contributed by atoms with Crippen molar-refractivity contribution in [3.63, 3.8) is 0 Å². The highest BCUT2D eigenvalue weighted by atomic mass is 32.1. The molecule has 19 heavy (non-hydrogen) atoms. The Kier molecular flexibility index (Phi) is 4.93. The van der Waals surface area contributed by atoms with Crippen LogP contribution in [0.15, 0.2) is 12.1 Å². The zero-order valence-electron chi connectivity index (χ0n) is 10.9. The quantitative estimate of drug-likeness (QED) is 0.874. The molecule has 0 radical (unpaired) electrons. The maximum atomic E-state index is 12.0. The van der Waals surface area contributed by atoms with Gasteiger partial charge in [-0.25, -0.2) is 0 Å². The molecule has 104 valence electrons. The number of hydrogen-bond acceptors (Lipinski definition) is 4. The molecular weight excluding hydrogens is 264 g/mol. The van der Waals surface area contributed by atoms with Crippen LogP contribution in [-0.2, 0) is 16.1 Å². The van der Waals surface area contributed by atoms with Crippen LogP contribution in [0.25, 0.3) is 0 Å². The molecule has 2 heterocycles.